The lowest BCUT2D eigenvalue weighted by atomic mass is 10.2. The predicted octanol–water partition coefficient (Wildman–Crippen LogP) is 2.50. The fourth-order valence-electron chi connectivity index (χ4n) is 2.01. The molecule has 0 aliphatic heterocycles. The number of aromatic nitrogens is 2. The van der Waals surface area contributed by atoms with Crippen molar-refractivity contribution in [3.8, 4) is 0 Å². The molecular formula is C16H17F2N3O2. The molecule has 0 radical (unpaired) electrons. The smallest absolute Gasteiger partial charge is 0.253 e. The normalized spacial score (nSPS) is 10.6. The highest BCUT2D eigenvalue weighted by molar-refractivity contribution is 5.90. The number of anilines is 1. The van der Waals surface area contributed by atoms with Crippen LogP contribution in [0.5, 0.6) is 0 Å². The fourth-order valence-corrected chi connectivity index (χ4v) is 2.01. The van der Waals surface area contributed by atoms with E-state index in [0.717, 1.165) is 29.5 Å². The lowest BCUT2D eigenvalue weighted by Gasteiger charge is -2.08. The zero-order chi connectivity index (χ0) is 16.8. The Morgan fingerprint density at radius 1 is 1.30 bits per heavy atom. The van der Waals surface area contributed by atoms with Crippen molar-refractivity contribution >= 4 is 11.6 Å². The van der Waals surface area contributed by atoms with Crippen molar-refractivity contribution in [2.24, 2.45) is 0 Å². The van der Waals surface area contributed by atoms with Crippen molar-refractivity contribution in [1.82, 2.24) is 9.55 Å². The number of rotatable bonds is 6. The molecule has 5 nitrogen and oxygen atoms in total. The number of halogens is 2. The molecule has 23 heavy (non-hydrogen) atoms. The number of benzene rings is 1. The molecule has 1 heterocycles. The van der Waals surface area contributed by atoms with Crippen LogP contribution in [-0.2, 0) is 17.8 Å². The molecule has 0 saturated heterocycles. The van der Waals surface area contributed by atoms with Crippen LogP contribution in [0, 0.1) is 11.6 Å². The first-order valence-electron chi connectivity index (χ1n) is 7.30. The Balaban J connectivity index is 2.04. The van der Waals surface area contributed by atoms with E-state index in [0.29, 0.717) is 18.2 Å². The number of nitrogens with zero attached hydrogens (tertiary/aromatic N) is 2. The third kappa shape index (κ3) is 4.70. The van der Waals surface area contributed by atoms with Crippen molar-refractivity contribution < 1.29 is 13.6 Å². The number of hydrogen-bond donors (Lipinski definition) is 1. The summed E-state index contributed by atoms with van der Waals surface area (Å²) in [7, 11) is 0. The minimum absolute atomic E-state index is 0.142. The van der Waals surface area contributed by atoms with Crippen molar-refractivity contribution in [3.05, 3.63) is 58.3 Å². The van der Waals surface area contributed by atoms with E-state index in [1.165, 1.54) is 12.4 Å². The Labute approximate surface area is 132 Å². The Bertz CT molecular complexity index is 759. The monoisotopic (exact) mass is 321 g/mol. The molecule has 0 saturated carbocycles. The van der Waals surface area contributed by atoms with Crippen LogP contribution in [0.4, 0.5) is 14.5 Å². The number of carbonyl (C=O) groups is 1. The van der Waals surface area contributed by atoms with Gasteiger partial charge < -0.3 is 5.32 Å². The second kappa shape index (κ2) is 7.62. The van der Waals surface area contributed by atoms with Crippen molar-refractivity contribution in [2.45, 2.75) is 32.7 Å². The average Bonchev–Trinajstić information content (AvgIpc) is 2.50. The van der Waals surface area contributed by atoms with Gasteiger partial charge in [0.1, 0.15) is 18.2 Å². The van der Waals surface area contributed by atoms with Gasteiger partial charge in [0.2, 0.25) is 5.91 Å². The third-order valence-electron chi connectivity index (χ3n) is 3.24. The van der Waals surface area contributed by atoms with Crippen LogP contribution >= 0.6 is 0 Å². The molecule has 0 fully saturated rings. The minimum atomic E-state index is -0.876. The number of hydrogen-bond acceptors (Lipinski definition) is 3. The molecule has 1 aromatic carbocycles. The van der Waals surface area contributed by atoms with Gasteiger partial charge in [-0.1, -0.05) is 13.3 Å². The number of carbonyl (C=O) groups excluding carboxylic acids is 1. The molecule has 0 atom stereocenters. The van der Waals surface area contributed by atoms with Crippen molar-refractivity contribution in [3.63, 3.8) is 0 Å². The van der Waals surface area contributed by atoms with E-state index < -0.39 is 17.5 Å². The van der Waals surface area contributed by atoms with Crippen molar-refractivity contribution in [1.29, 1.82) is 0 Å². The number of nitrogens with one attached hydrogen (secondary N) is 1. The first-order valence-corrected chi connectivity index (χ1v) is 7.30. The van der Waals surface area contributed by atoms with Crippen LogP contribution in [0.1, 0.15) is 25.5 Å². The summed E-state index contributed by atoms with van der Waals surface area (Å²) in [5.74, 6) is -2.21. The van der Waals surface area contributed by atoms with E-state index in [2.05, 4.69) is 10.3 Å². The fraction of sp³-hybridized carbons (Fsp3) is 0.312. The van der Waals surface area contributed by atoms with Crippen LogP contribution in [0.2, 0.25) is 0 Å². The highest BCUT2D eigenvalue weighted by Gasteiger charge is 2.10. The molecule has 7 heteroatoms. The topological polar surface area (TPSA) is 64.0 Å². The van der Waals surface area contributed by atoms with Gasteiger partial charge in [0.15, 0.2) is 0 Å². The van der Waals surface area contributed by atoms with Gasteiger partial charge in [-0.2, -0.15) is 0 Å². The van der Waals surface area contributed by atoms with E-state index in [1.54, 1.807) is 0 Å². The lowest BCUT2D eigenvalue weighted by Crippen LogP contribution is -2.28. The Morgan fingerprint density at radius 3 is 2.74 bits per heavy atom. The van der Waals surface area contributed by atoms with E-state index in [9.17, 15) is 18.4 Å². The molecule has 1 aromatic heterocycles. The summed E-state index contributed by atoms with van der Waals surface area (Å²) in [6.07, 6.45) is 3.94. The Morgan fingerprint density at radius 2 is 2.09 bits per heavy atom. The highest BCUT2D eigenvalue weighted by atomic mass is 19.1. The summed E-state index contributed by atoms with van der Waals surface area (Å²) in [6, 6.07) is 4.22. The molecule has 0 aliphatic carbocycles. The highest BCUT2D eigenvalue weighted by Crippen LogP contribution is 2.14. The molecular weight excluding hydrogens is 304 g/mol. The molecule has 1 amide bonds. The zero-order valence-electron chi connectivity index (χ0n) is 12.7. The summed E-state index contributed by atoms with van der Waals surface area (Å²) >= 11 is 0. The maximum atomic E-state index is 13.5. The van der Waals surface area contributed by atoms with E-state index >= 15 is 0 Å². The largest absolute Gasteiger partial charge is 0.322 e. The summed E-state index contributed by atoms with van der Waals surface area (Å²) in [4.78, 5) is 27.9. The van der Waals surface area contributed by atoms with Crippen LogP contribution in [0.15, 0.2) is 35.4 Å². The predicted molar refractivity (Wildman–Crippen MR) is 82.1 cm³/mol. The van der Waals surface area contributed by atoms with Gasteiger partial charge in [0.05, 0.1) is 12.0 Å². The first kappa shape index (κ1) is 16.8. The standard InChI is InChI=1S/C16H17F2N3O2/c1-2-3-4-12-8-16(23)21(10-19-12)9-15(22)20-14-6-5-11(17)7-13(14)18/h5-8,10H,2-4,9H2,1H3,(H,20,22). The van der Waals surface area contributed by atoms with E-state index in [-0.39, 0.29) is 17.8 Å². The van der Waals surface area contributed by atoms with Crippen LogP contribution in [0.3, 0.4) is 0 Å². The second-order valence-corrected chi connectivity index (χ2v) is 5.12. The summed E-state index contributed by atoms with van der Waals surface area (Å²) in [5, 5.41) is 2.29. The molecule has 2 aromatic rings. The summed E-state index contributed by atoms with van der Waals surface area (Å²) in [5.41, 5.74) is 0.191. The van der Waals surface area contributed by atoms with Gasteiger partial charge in [0, 0.05) is 17.8 Å². The molecule has 0 spiro atoms. The van der Waals surface area contributed by atoms with Gasteiger partial charge in [-0.05, 0) is 25.0 Å². The first-order chi connectivity index (χ1) is 11.0. The Kier molecular flexibility index (Phi) is 5.56. The van der Waals surface area contributed by atoms with Crippen LogP contribution in [0.25, 0.3) is 0 Å². The van der Waals surface area contributed by atoms with Crippen LogP contribution in [-0.4, -0.2) is 15.5 Å². The van der Waals surface area contributed by atoms with E-state index in [4.69, 9.17) is 0 Å². The number of amides is 1. The van der Waals surface area contributed by atoms with Gasteiger partial charge in [-0.15, -0.1) is 0 Å². The van der Waals surface area contributed by atoms with Crippen LogP contribution < -0.4 is 10.9 Å². The zero-order valence-corrected chi connectivity index (χ0v) is 12.7. The quantitative estimate of drug-likeness (QED) is 0.889. The maximum absolute atomic E-state index is 13.5. The molecule has 0 unspecified atom stereocenters. The SMILES string of the molecule is CCCCc1cc(=O)n(CC(=O)Nc2ccc(F)cc2F)cn1. The van der Waals surface area contributed by atoms with Gasteiger partial charge >= 0.3 is 0 Å². The summed E-state index contributed by atoms with van der Waals surface area (Å²) < 4.78 is 27.4. The molecule has 122 valence electrons. The van der Waals surface area contributed by atoms with Gasteiger partial charge in [-0.25, -0.2) is 13.8 Å². The average molecular weight is 321 g/mol. The van der Waals surface area contributed by atoms with Gasteiger partial charge in [0.25, 0.3) is 5.56 Å². The second-order valence-electron chi connectivity index (χ2n) is 5.12. The summed E-state index contributed by atoms with van der Waals surface area (Å²) in [6.45, 7) is 1.75. The number of unbranched alkanes of at least 4 members (excludes halogenated alkanes) is 1. The molecule has 1 N–H and O–H groups in total. The molecule has 2 rings (SSSR count). The number of aryl methyl sites for hydroxylation is 1. The lowest BCUT2D eigenvalue weighted by molar-refractivity contribution is -0.116. The van der Waals surface area contributed by atoms with Crippen molar-refractivity contribution in [2.75, 3.05) is 5.32 Å². The molecule has 0 aliphatic rings. The maximum Gasteiger partial charge on any atom is 0.253 e. The van der Waals surface area contributed by atoms with Gasteiger partial charge in [-0.3, -0.25) is 14.2 Å². The Hall–Kier alpha value is -2.57. The third-order valence-corrected chi connectivity index (χ3v) is 3.24. The van der Waals surface area contributed by atoms with E-state index in [1.807, 2.05) is 6.92 Å². The minimum Gasteiger partial charge on any atom is -0.322 e. The molecule has 0 bridgehead atoms.